The number of carbonyl (C=O) groups is 1. The summed E-state index contributed by atoms with van der Waals surface area (Å²) in [5.74, 6) is -14.6. The highest BCUT2D eigenvalue weighted by Gasteiger charge is 2.45. The molecule has 168 valence electrons. The van der Waals surface area contributed by atoms with Crippen LogP contribution in [0.3, 0.4) is 0 Å². The Hall–Kier alpha value is -2.87. The SMILES string of the molecule is O=C(O)[C@H]1CSC(c2nc3ccc(OC(F)(F)c4c(F)c(F)c(F)c(F)c4F)cc3s2)=N1. The minimum atomic E-state index is -4.90. The first-order chi connectivity index (χ1) is 15.0. The number of aliphatic carboxylic acids is 1. The molecule has 0 saturated heterocycles. The number of hydrogen-bond acceptors (Lipinski definition) is 6. The molecule has 0 amide bonds. The van der Waals surface area contributed by atoms with E-state index in [-0.39, 0.29) is 10.5 Å². The Kier molecular flexibility index (Phi) is 5.53. The molecule has 2 heterocycles. The van der Waals surface area contributed by atoms with Gasteiger partial charge in [0.1, 0.15) is 21.4 Å². The van der Waals surface area contributed by atoms with Crippen LogP contribution in [-0.4, -0.2) is 32.9 Å². The number of carboxylic acids is 1. The first kappa shape index (κ1) is 22.3. The Labute approximate surface area is 181 Å². The summed E-state index contributed by atoms with van der Waals surface area (Å²) < 4.78 is 101. The molecule has 32 heavy (non-hydrogen) atoms. The highest BCUT2D eigenvalue weighted by atomic mass is 32.2. The van der Waals surface area contributed by atoms with Gasteiger partial charge >= 0.3 is 12.1 Å². The summed E-state index contributed by atoms with van der Waals surface area (Å²) in [6.07, 6.45) is -4.90. The van der Waals surface area contributed by atoms with E-state index in [0.29, 0.717) is 15.6 Å². The monoisotopic (exact) mass is 496 g/mol. The van der Waals surface area contributed by atoms with Gasteiger partial charge in [0.25, 0.3) is 0 Å². The molecule has 2 aromatic carbocycles. The smallest absolute Gasteiger partial charge is 0.432 e. The van der Waals surface area contributed by atoms with Gasteiger partial charge in [-0.05, 0) is 18.2 Å². The minimum absolute atomic E-state index is 0.198. The molecule has 3 aromatic rings. The number of nitrogens with zero attached hydrogens (tertiary/aromatic N) is 2. The van der Waals surface area contributed by atoms with Crippen molar-refractivity contribution in [1.29, 1.82) is 0 Å². The standard InChI is InChI=1S/C18H7F7N2O3S2/c19-10-9(11(20)13(22)14(23)12(10)21)18(24,25)30-5-1-2-6-8(3-5)32-16(26-6)15-27-7(4-31-15)17(28)29/h1-3,7H,4H2,(H,28,29)/t7-/m1/s1. The normalized spacial score (nSPS) is 16.5. The van der Waals surface area contributed by atoms with Crippen LogP contribution in [0.2, 0.25) is 0 Å². The van der Waals surface area contributed by atoms with Gasteiger partial charge in [0.2, 0.25) is 5.82 Å². The quantitative estimate of drug-likeness (QED) is 0.304. The lowest BCUT2D eigenvalue weighted by Crippen LogP contribution is -2.27. The highest BCUT2D eigenvalue weighted by molar-refractivity contribution is 8.15. The Morgan fingerprint density at radius 1 is 1.06 bits per heavy atom. The lowest BCUT2D eigenvalue weighted by atomic mass is 10.1. The molecule has 0 radical (unpaired) electrons. The number of aliphatic imine (C=N–C) groups is 1. The molecule has 0 saturated carbocycles. The van der Waals surface area contributed by atoms with Crippen molar-refractivity contribution in [3.63, 3.8) is 0 Å². The van der Waals surface area contributed by atoms with E-state index in [2.05, 4.69) is 14.7 Å². The third-order valence-electron chi connectivity index (χ3n) is 4.23. The molecule has 0 fully saturated rings. The Bertz CT molecular complexity index is 1270. The van der Waals surface area contributed by atoms with Crippen molar-refractivity contribution in [3.05, 3.63) is 57.9 Å². The van der Waals surface area contributed by atoms with Gasteiger partial charge in [0, 0.05) is 5.75 Å². The number of hydrogen-bond donors (Lipinski definition) is 1. The Morgan fingerprint density at radius 3 is 2.28 bits per heavy atom. The van der Waals surface area contributed by atoms with Crippen LogP contribution in [0.1, 0.15) is 10.6 Å². The van der Waals surface area contributed by atoms with E-state index in [4.69, 9.17) is 5.11 Å². The largest absolute Gasteiger partial charge is 0.480 e. The fourth-order valence-electron chi connectivity index (χ4n) is 2.74. The average Bonchev–Trinajstić information content (AvgIpc) is 3.37. The number of fused-ring (bicyclic) bond motifs is 1. The maximum atomic E-state index is 14.4. The summed E-state index contributed by atoms with van der Waals surface area (Å²) in [5, 5.41) is 9.66. The van der Waals surface area contributed by atoms with E-state index in [0.717, 1.165) is 35.2 Å². The maximum Gasteiger partial charge on any atom is 0.432 e. The molecule has 0 bridgehead atoms. The molecular weight excluding hydrogens is 489 g/mol. The van der Waals surface area contributed by atoms with Gasteiger partial charge < -0.3 is 9.84 Å². The fourth-order valence-corrected chi connectivity index (χ4v) is 4.83. The van der Waals surface area contributed by atoms with E-state index in [9.17, 15) is 35.5 Å². The molecule has 14 heteroatoms. The summed E-state index contributed by atoms with van der Waals surface area (Å²) in [4.78, 5) is 19.2. The summed E-state index contributed by atoms with van der Waals surface area (Å²) in [5.41, 5.74) is -2.12. The van der Waals surface area contributed by atoms with Crippen LogP contribution in [0.4, 0.5) is 30.7 Å². The molecule has 1 aliphatic rings. The van der Waals surface area contributed by atoms with E-state index >= 15 is 0 Å². The second-order valence-corrected chi connectivity index (χ2v) is 8.35. The molecule has 0 unspecified atom stereocenters. The molecular formula is C18H7F7N2O3S2. The summed E-state index contributed by atoms with van der Waals surface area (Å²) in [6, 6.07) is 2.29. The lowest BCUT2D eigenvalue weighted by Gasteiger charge is -2.20. The van der Waals surface area contributed by atoms with Gasteiger partial charge in [-0.3, -0.25) is 4.99 Å². The van der Waals surface area contributed by atoms with Crippen molar-refractivity contribution >= 4 is 44.3 Å². The molecule has 1 aromatic heterocycles. The number of thioether (sulfide) groups is 1. The zero-order valence-electron chi connectivity index (χ0n) is 15.1. The van der Waals surface area contributed by atoms with Gasteiger partial charge in [0.15, 0.2) is 29.3 Å². The van der Waals surface area contributed by atoms with Gasteiger partial charge in [-0.1, -0.05) is 0 Å². The predicted octanol–water partition coefficient (Wildman–Crippen LogP) is 5.07. The molecule has 4 rings (SSSR count). The number of thiazole rings is 1. The number of halogens is 7. The maximum absolute atomic E-state index is 14.4. The molecule has 5 nitrogen and oxygen atoms in total. The number of rotatable bonds is 5. The van der Waals surface area contributed by atoms with Gasteiger partial charge in [0.05, 0.1) is 10.2 Å². The van der Waals surface area contributed by atoms with Crippen molar-refractivity contribution in [1.82, 2.24) is 4.98 Å². The fraction of sp³-hybridized carbons (Fsp3) is 0.167. The summed E-state index contributed by atoms with van der Waals surface area (Å²) in [6.45, 7) is 0. The van der Waals surface area contributed by atoms with Crippen molar-refractivity contribution in [2.45, 2.75) is 12.2 Å². The van der Waals surface area contributed by atoms with Gasteiger partial charge in [-0.15, -0.1) is 23.1 Å². The number of benzene rings is 2. The molecule has 0 aliphatic carbocycles. The number of carboxylic acid groups (broad SMARTS) is 1. The lowest BCUT2D eigenvalue weighted by molar-refractivity contribution is -0.190. The summed E-state index contributed by atoms with van der Waals surface area (Å²) in [7, 11) is 0. The number of alkyl halides is 2. The third-order valence-corrected chi connectivity index (χ3v) is 6.43. The van der Waals surface area contributed by atoms with Crippen LogP contribution in [0.15, 0.2) is 23.2 Å². The van der Waals surface area contributed by atoms with E-state index in [1.54, 1.807) is 0 Å². The van der Waals surface area contributed by atoms with Gasteiger partial charge in [-0.2, -0.15) is 8.78 Å². The Morgan fingerprint density at radius 2 is 1.69 bits per heavy atom. The van der Waals surface area contributed by atoms with Crippen molar-refractivity contribution in [3.8, 4) is 5.75 Å². The Balaban J connectivity index is 1.67. The van der Waals surface area contributed by atoms with Crippen LogP contribution in [0, 0.1) is 29.1 Å². The number of aromatic nitrogens is 1. The van der Waals surface area contributed by atoms with Crippen LogP contribution in [-0.2, 0) is 10.9 Å². The zero-order chi connectivity index (χ0) is 23.4. The van der Waals surface area contributed by atoms with Crippen molar-refractivity contribution in [2.75, 3.05) is 5.75 Å². The first-order valence-electron chi connectivity index (χ1n) is 8.42. The second kappa shape index (κ2) is 7.92. The van der Waals surface area contributed by atoms with Crippen LogP contribution in [0.5, 0.6) is 5.75 Å². The zero-order valence-corrected chi connectivity index (χ0v) is 16.8. The van der Waals surface area contributed by atoms with Crippen LogP contribution in [0.25, 0.3) is 10.2 Å². The first-order valence-corrected chi connectivity index (χ1v) is 10.2. The average molecular weight is 496 g/mol. The predicted molar refractivity (Wildman–Crippen MR) is 101 cm³/mol. The topological polar surface area (TPSA) is 71.8 Å². The number of ether oxygens (including phenoxy) is 1. The van der Waals surface area contributed by atoms with E-state index < -0.39 is 58.5 Å². The minimum Gasteiger partial charge on any atom is -0.480 e. The molecule has 1 N–H and O–H groups in total. The van der Waals surface area contributed by atoms with Gasteiger partial charge in [-0.25, -0.2) is 31.7 Å². The molecule has 1 atom stereocenters. The highest BCUT2D eigenvalue weighted by Crippen LogP contribution is 2.39. The van der Waals surface area contributed by atoms with E-state index in [1.807, 2.05) is 0 Å². The summed E-state index contributed by atoms with van der Waals surface area (Å²) >= 11 is 2.11. The molecule has 0 spiro atoms. The second-order valence-electron chi connectivity index (χ2n) is 6.31. The van der Waals surface area contributed by atoms with E-state index in [1.165, 1.54) is 6.07 Å². The third kappa shape index (κ3) is 3.77. The van der Waals surface area contributed by atoms with Crippen LogP contribution < -0.4 is 4.74 Å². The van der Waals surface area contributed by atoms with Crippen molar-refractivity contribution < 1.29 is 45.4 Å². The van der Waals surface area contributed by atoms with Crippen molar-refractivity contribution in [2.24, 2.45) is 4.99 Å². The van der Waals surface area contributed by atoms with Crippen LogP contribution >= 0.6 is 23.1 Å². The molecule has 1 aliphatic heterocycles.